The van der Waals surface area contributed by atoms with Gasteiger partial charge in [-0.1, -0.05) is 18.5 Å². The number of fused-ring (bicyclic) bond motifs is 1. The third kappa shape index (κ3) is 2.91. The molecule has 0 aliphatic heterocycles. The smallest absolute Gasteiger partial charge is 0.137 e. The van der Waals surface area contributed by atoms with Crippen LogP contribution in [0.15, 0.2) is 41.7 Å². The van der Waals surface area contributed by atoms with Crippen molar-refractivity contribution in [2.24, 2.45) is 0 Å². The molecule has 0 fully saturated rings. The first-order valence-corrected chi connectivity index (χ1v) is 8.49. The average Bonchev–Trinajstić information content (AvgIpc) is 2.95. The van der Waals surface area contributed by atoms with E-state index in [9.17, 15) is 0 Å². The minimum atomic E-state index is 0.594. The van der Waals surface area contributed by atoms with E-state index in [0.717, 1.165) is 27.6 Å². The van der Waals surface area contributed by atoms with E-state index in [-0.39, 0.29) is 0 Å². The molecule has 2 heterocycles. The van der Waals surface area contributed by atoms with Gasteiger partial charge in [-0.3, -0.25) is 0 Å². The molecule has 0 unspecified atom stereocenters. The largest absolute Gasteiger partial charge is 0.492 e. The molecule has 1 aromatic carbocycles. The second-order valence-electron chi connectivity index (χ2n) is 4.60. The Morgan fingerprint density at radius 2 is 2.14 bits per heavy atom. The molecule has 0 amide bonds. The van der Waals surface area contributed by atoms with Crippen LogP contribution in [0.3, 0.4) is 0 Å². The van der Waals surface area contributed by atoms with E-state index >= 15 is 0 Å². The minimum absolute atomic E-state index is 0.594. The van der Waals surface area contributed by atoms with Crippen molar-refractivity contribution >= 4 is 28.9 Å². The molecule has 2 aromatic heterocycles. The predicted octanol–water partition coefficient (Wildman–Crippen LogP) is 4.56. The summed E-state index contributed by atoms with van der Waals surface area (Å²) in [6.07, 6.45) is 3.63. The summed E-state index contributed by atoms with van der Waals surface area (Å²) in [5.41, 5.74) is 2.84. The van der Waals surface area contributed by atoms with Crippen LogP contribution in [-0.2, 0) is 0 Å². The van der Waals surface area contributed by atoms with Gasteiger partial charge in [0.1, 0.15) is 10.8 Å². The summed E-state index contributed by atoms with van der Waals surface area (Å²) in [5, 5.41) is 6.19. The van der Waals surface area contributed by atoms with E-state index in [1.807, 2.05) is 41.9 Å². The highest BCUT2D eigenvalue weighted by Crippen LogP contribution is 2.31. The molecule has 0 saturated carbocycles. The highest BCUT2D eigenvalue weighted by molar-refractivity contribution is 7.99. The standard InChI is InChI=1S/C16H16ClN3OS/c1-3-21-15-6-5-11(9-12(15)17)13-10-14-16(22-4-2)18-7-8-20(14)19-13/h5-10H,3-4H2,1-2H3. The zero-order valence-electron chi connectivity index (χ0n) is 12.4. The number of benzene rings is 1. The van der Waals surface area contributed by atoms with Gasteiger partial charge in [-0.15, -0.1) is 11.8 Å². The molecule has 6 heteroatoms. The normalized spacial score (nSPS) is 11.0. The summed E-state index contributed by atoms with van der Waals surface area (Å²) in [5.74, 6) is 1.67. The molecule has 0 spiro atoms. The van der Waals surface area contributed by atoms with Gasteiger partial charge in [-0.2, -0.15) is 5.10 Å². The molecule has 0 N–H and O–H groups in total. The van der Waals surface area contributed by atoms with E-state index in [4.69, 9.17) is 16.3 Å². The van der Waals surface area contributed by atoms with E-state index in [0.29, 0.717) is 17.4 Å². The van der Waals surface area contributed by atoms with Crippen LogP contribution in [0.1, 0.15) is 13.8 Å². The van der Waals surface area contributed by atoms with Gasteiger partial charge in [0.2, 0.25) is 0 Å². The van der Waals surface area contributed by atoms with E-state index in [1.165, 1.54) is 0 Å². The second-order valence-corrected chi connectivity index (χ2v) is 6.26. The van der Waals surface area contributed by atoms with Crippen LogP contribution in [0.5, 0.6) is 5.75 Å². The zero-order valence-corrected chi connectivity index (χ0v) is 14.0. The molecule has 0 bridgehead atoms. The van der Waals surface area contributed by atoms with Gasteiger partial charge < -0.3 is 4.74 Å². The van der Waals surface area contributed by atoms with Gasteiger partial charge in [0.15, 0.2) is 0 Å². The van der Waals surface area contributed by atoms with Gasteiger partial charge in [0.05, 0.1) is 22.8 Å². The number of nitrogens with zero attached hydrogens (tertiary/aromatic N) is 3. The van der Waals surface area contributed by atoms with Crippen LogP contribution in [0.2, 0.25) is 5.02 Å². The van der Waals surface area contributed by atoms with Crippen molar-refractivity contribution in [3.8, 4) is 17.0 Å². The molecule has 0 aliphatic carbocycles. The molecule has 0 atom stereocenters. The van der Waals surface area contributed by atoms with Crippen LogP contribution in [-0.4, -0.2) is 27.0 Å². The lowest BCUT2D eigenvalue weighted by Crippen LogP contribution is -1.92. The fraction of sp³-hybridized carbons (Fsp3) is 0.250. The Bertz CT molecular complexity index is 803. The van der Waals surface area contributed by atoms with Crippen LogP contribution >= 0.6 is 23.4 Å². The summed E-state index contributed by atoms with van der Waals surface area (Å²) in [6, 6.07) is 7.77. The summed E-state index contributed by atoms with van der Waals surface area (Å²) < 4.78 is 7.32. The van der Waals surface area contributed by atoms with Crippen molar-refractivity contribution in [2.75, 3.05) is 12.4 Å². The van der Waals surface area contributed by atoms with Crippen LogP contribution in [0.25, 0.3) is 16.8 Å². The third-order valence-corrected chi connectivity index (χ3v) is 4.34. The SMILES string of the molecule is CCOc1ccc(-c2cc3c(SCC)nccn3n2)cc1Cl. The predicted molar refractivity (Wildman–Crippen MR) is 91.0 cm³/mol. The van der Waals surface area contributed by atoms with Gasteiger partial charge >= 0.3 is 0 Å². The highest BCUT2D eigenvalue weighted by Gasteiger charge is 2.11. The Morgan fingerprint density at radius 3 is 2.86 bits per heavy atom. The highest BCUT2D eigenvalue weighted by atomic mass is 35.5. The molecule has 3 rings (SSSR count). The summed E-state index contributed by atoms with van der Waals surface area (Å²) in [4.78, 5) is 4.42. The Kier molecular flexibility index (Phi) is 4.55. The summed E-state index contributed by atoms with van der Waals surface area (Å²) in [6.45, 7) is 4.64. The van der Waals surface area contributed by atoms with Gasteiger partial charge in [0.25, 0.3) is 0 Å². The number of halogens is 1. The number of ether oxygens (including phenoxy) is 1. The Hall–Kier alpha value is -1.72. The minimum Gasteiger partial charge on any atom is -0.492 e. The third-order valence-electron chi connectivity index (χ3n) is 3.16. The molecular weight excluding hydrogens is 318 g/mol. The lowest BCUT2D eigenvalue weighted by Gasteiger charge is -2.06. The van der Waals surface area contributed by atoms with Crippen molar-refractivity contribution in [3.63, 3.8) is 0 Å². The number of thioether (sulfide) groups is 1. The number of aromatic nitrogens is 3. The molecule has 0 saturated heterocycles. The van der Waals surface area contributed by atoms with Crippen molar-refractivity contribution < 1.29 is 4.74 Å². The van der Waals surface area contributed by atoms with Gasteiger partial charge in [0, 0.05) is 18.0 Å². The first kappa shape index (κ1) is 15.2. The number of hydrogen-bond donors (Lipinski definition) is 0. The van der Waals surface area contributed by atoms with E-state index < -0.39 is 0 Å². The van der Waals surface area contributed by atoms with Crippen molar-refractivity contribution in [1.29, 1.82) is 0 Å². The second kappa shape index (κ2) is 6.58. The summed E-state index contributed by atoms with van der Waals surface area (Å²) in [7, 11) is 0. The molecule has 4 nitrogen and oxygen atoms in total. The lowest BCUT2D eigenvalue weighted by atomic mass is 10.1. The monoisotopic (exact) mass is 333 g/mol. The zero-order chi connectivity index (χ0) is 15.5. The van der Waals surface area contributed by atoms with Crippen LogP contribution in [0.4, 0.5) is 0 Å². The molecule has 0 radical (unpaired) electrons. The topological polar surface area (TPSA) is 39.4 Å². The quantitative estimate of drug-likeness (QED) is 0.642. The first-order valence-electron chi connectivity index (χ1n) is 7.12. The van der Waals surface area contributed by atoms with Crippen LogP contribution < -0.4 is 4.74 Å². The molecule has 3 aromatic rings. The van der Waals surface area contributed by atoms with Crippen molar-refractivity contribution in [1.82, 2.24) is 14.6 Å². The summed E-state index contributed by atoms with van der Waals surface area (Å²) >= 11 is 7.97. The average molecular weight is 334 g/mol. The molecule has 22 heavy (non-hydrogen) atoms. The Morgan fingerprint density at radius 1 is 1.27 bits per heavy atom. The van der Waals surface area contributed by atoms with Crippen molar-refractivity contribution in [3.05, 3.63) is 41.7 Å². The first-order chi connectivity index (χ1) is 10.7. The van der Waals surface area contributed by atoms with Gasteiger partial charge in [-0.05, 0) is 36.9 Å². The van der Waals surface area contributed by atoms with E-state index in [2.05, 4.69) is 17.0 Å². The van der Waals surface area contributed by atoms with Gasteiger partial charge in [-0.25, -0.2) is 9.50 Å². The Labute approximate surface area is 138 Å². The molecular formula is C16H16ClN3OS. The lowest BCUT2D eigenvalue weighted by molar-refractivity contribution is 0.340. The maximum Gasteiger partial charge on any atom is 0.137 e. The molecule has 114 valence electrons. The Balaban J connectivity index is 2.03. The van der Waals surface area contributed by atoms with Crippen molar-refractivity contribution in [2.45, 2.75) is 18.9 Å². The van der Waals surface area contributed by atoms with E-state index in [1.54, 1.807) is 18.0 Å². The maximum absolute atomic E-state index is 6.26. The number of hydrogen-bond acceptors (Lipinski definition) is 4. The van der Waals surface area contributed by atoms with Crippen LogP contribution in [0, 0.1) is 0 Å². The maximum atomic E-state index is 6.26. The number of rotatable bonds is 5. The fourth-order valence-corrected chi connectivity index (χ4v) is 3.16. The molecule has 0 aliphatic rings. The fourth-order valence-electron chi connectivity index (χ4n) is 2.22.